The van der Waals surface area contributed by atoms with E-state index in [1.54, 1.807) is 24.3 Å². The van der Waals surface area contributed by atoms with Crippen LogP contribution >= 0.6 is 11.6 Å². The van der Waals surface area contributed by atoms with E-state index < -0.39 is 12.0 Å². The Bertz CT molecular complexity index is 555. The summed E-state index contributed by atoms with van der Waals surface area (Å²) < 4.78 is 0. The van der Waals surface area contributed by atoms with Crippen LogP contribution in [0, 0.1) is 0 Å². The Morgan fingerprint density at radius 2 is 1.89 bits per heavy atom. The maximum atomic E-state index is 10.8. The summed E-state index contributed by atoms with van der Waals surface area (Å²) in [6.45, 7) is 0. The SMILES string of the molecule is NC(=O)c1cnc(C(O)c2ccc(Cl)cc2)cn1. The average molecular weight is 264 g/mol. The molecule has 92 valence electrons. The van der Waals surface area contributed by atoms with E-state index in [4.69, 9.17) is 17.3 Å². The van der Waals surface area contributed by atoms with Gasteiger partial charge in [-0.3, -0.25) is 9.78 Å². The van der Waals surface area contributed by atoms with Crippen molar-refractivity contribution in [1.82, 2.24) is 9.97 Å². The molecule has 1 aromatic heterocycles. The van der Waals surface area contributed by atoms with Crippen molar-refractivity contribution in [1.29, 1.82) is 0 Å². The Kier molecular flexibility index (Phi) is 3.55. The Morgan fingerprint density at radius 1 is 1.22 bits per heavy atom. The number of primary amides is 1. The number of aliphatic hydroxyl groups excluding tert-OH is 1. The molecule has 0 radical (unpaired) electrons. The van der Waals surface area contributed by atoms with Gasteiger partial charge in [0.2, 0.25) is 0 Å². The van der Waals surface area contributed by atoms with Gasteiger partial charge in [0.05, 0.1) is 18.1 Å². The molecule has 1 heterocycles. The van der Waals surface area contributed by atoms with Crippen LogP contribution in [-0.2, 0) is 0 Å². The van der Waals surface area contributed by atoms with Crippen LogP contribution in [0.1, 0.15) is 27.8 Å². The predicted molar refractivity (Wildman–Crippen MR) is 66.1 cm³/mol. The number of hydrogen-bond donors (Lipinski definition) is 2. The fourth-order valence-electron chi connectivity index (χ4n) is 1.42. The number of carbonyl (C=O) groups is 1. The second kappa shape index (κ2) is 5.12. The van der Waals surface area contributed by atoms with Gasteiger partial charge in [0.15, 0.2) is 0 Å². The van der Waals surface area contributed by atoms with E-state index in [1.807, 2.05) is 0 Å². The van der Waals surface area contributed by atoms with Crippen LogP contribution < -0.4 is 5.73 Å². The summed E-state index contributed by atoms with van der Waals surface area (Å²) in [7, 11) is 0. The number of hydrogen-bond acceptors (Lipinski definition) is 4. The third kappa shape index (κ3) is 2.64. The topological polar surface area (TPSA) is 89.1 Å². The molecule has 0 saturated heterocycles. The highest BCUT2D eigenvalue weighted by atomic mass is 35.5. The van der Waals surface area contributed by atoms with E-state index in [2.05, 4.69) is 9.97 Å². The Labute approximate surface area is 108 Å². The number of aromatic nitrogens is 2. The molecule has 0 aliphatic rings. The lowest BCUT2D eigenvalue weighted by atomic mass is 10.1. The third-order valence-corrected chi connectivity index (χ3v) is 2.64. The summed E-state index contributed by atoms with van der Waals surface area (Å²) >= 11 is 5.76. The van der Waals surface area contributed by atoms with Gasteiger partial charge in [-0.15, -0.1) is 0 Å². The van der Waals surface area contributed by atoms with Crippen LogP contribution in [0.25, 0.3) is 0 Å². The zero-order chi connectivity index (χ0) is 13.1. The van der Waals surface area contributed by atoms with Crippen LogP contribution in [0.2, 0.25) is 5.02 Å². The van der Waals surface area contributed by atoms with Gasteiger partial charge in [-0.05, 0) is 17.7 Å². The van der Waals surface area contributed by atoms with Gasteiger partial charge in [0.1, 0.15) is 11.8 Å². The monoisotopic (exact) mass is 263 g/mol. The van der Waals surface area contributed by atoms with Crippen LogP contribution in [0.5, 0.6) is 0 Å². The van der Waals surface area contributed by atoms with E-state index in [0.717, 1.165) is 0 Å². The van der Waals surface area contributed by atoms with Crippen molar-refractivity contribution in [3.8, 4) is 0 Å². The lowest BCUT2D eigenvalue weighted by molar-refractivity contribution is 0.0994. The molecule has 0 saturated carbocycles. The number of halogens is 1. The molecule has 2 aromatic rings. The molecule has 0 aliphatic heterocycles. The first-order valence-electron chi connectivity index (χ1n) is 5.13. The minimum absolute atomic E-state index is 0.0575. The van der Waals surface area contributed by atoms with Gasteiger partial charge in [-0.2, -0.15) is 0 Å². The summed E-state index contributed by atoms with van der Waals surface area (Å²) in [4.78, 5) is 18.6. The van der Waals surface area contributed by atoms with Crippen molar-refractivity contribution in [3.63, 3.8) is 0 Å². The summed E-state index contributed by atoms with van der Waals surface area (Å²) in [5, 5.41) is 10.6. The predicted octanol–water partition coefficient (Wildman–Crippen LogP) is 1.31. The summed E-state index contributed by atoms with van der Waals surface area (Å²) in [5.41, 5.74) is 6.08. The number of amides is 1. The number of aliphatic hydroxyl groups is 1. The standard InChI is InChI=1S/C12H10ClN3O2/c13-8-3-1-7(2-4-8)11(17)9-5-16-10(6-15-9)12(14)18/h1-6,11,17H,(H2,14,18). The molecule has 5 nitrogen and oxygen atoms in total. The largest absolute Gasteiger partial charge is 0.382 e. The van der Waals surface area contributed by atoms with Crippen molar-refractivity contribution >= 4 is 17.5 Å². The smallest absolute Gasteiger partial charge is 0.268 e. The fraction of sp³-hybridized carbons (Fsp3) is 0.0833. The Morgan fingerprint density at radius 3 is 2.39 bits per heavy atom. The van der Waals surface area contributed by atoms with Crippen molar-refractivity contribution in [2.45, 2.75) is 6.10 Å². The van der Waals surface area contributed by atoms with Crippen molar-refractivity contribution in [2.75, 3.05) is 0 Å². The Balaban J connectivity index is 2.25. The van der Waals surface area contributed by atoms with E-state index in [-0.39, 0.29) is 5.69 Å². The molecule has 0 bridgehead atoms. The molecule has 1 amide bonds. The molecule has 1 aromatic carbocycles. The lowest BCUT2D eigenvalue weighted by Crippen LogP contribution is -2.14. The first-order chi connectivity index (χ1) is 8.58. The second-order valence-corrected chi connectivity index (χ2v) is 4.08. The van der Waals surface area contributed by atoms with Gasteiger partial charge in [-0.1, -0.05) is 23.7 Å². The number of rotatable bonds is 3. The number of benzene rings is 1. The molecule has 2 rings (SSSR count). The van der Waals surface area contributed by atoms with Crippen molar-refractivity contribution < 1.29 is 9.90 Å². The molecule has 0 spiro atoms. The first kappa shape index (κ1) is 12.5. The van der Waals surface area contributed by atoms with Gasteiger partial charge in [0.25, 0.3) is 5.91 Å². The fourth-order valence-corrected chi connectivity index (χ4v) is 1.55. The van der Waals surface area contributed by atoms with Gasteiger partial charge >= 0.3 is 0 Å². The van der Waals surface area contributed by atoms with E-state index in [9.17, 15) is 9.90 Å². The molecule has 0 fully saturated rings. The normalized spacial score (nSPS) is 12.1. The zero-order valence-electron chi connectivity index (χ0n) is 9.25. The van der Waals surface area contributed by atoms with Gasteiger partial charge in [0, 0.05) is 5.02 Å². The molecule has 3 N–H and O–H groups in total. The summed E-state index contributed by atoms with van der Waals surface area (Å²) in [6.07, 6.45) is 1.63. The van der Waals surface area contributed by atoms with Crippen LogP contribution in [-0.4, -0.2) is 21.0 Å². The molecule has 0 aliphatic carbocycles. The van der Waals surface area contributed by atoms with Crippen molar-refractivity contribution in [2.24, 2.45) is 5.73 Å². The van der Waals surface area contributed by atoms with Gasteiger partial charge < -0.3 is 10.8 Å². The second-order valence-electron chi connectivity index (χ2n) is 3.64. The third-order valence-electron chi connectivity index (χ3n) is 2.39. The highest BCUT2D eigenvalue weighted by Crippen LogP contribution is 2.21. The maximum absolute atomic E-state index is 10.8. The first-order valence-corrected chi connectivity index (χ1v) is 5.51. The minimum Gasteiger partial charge on any atom is -0.382 e. The number of carbonyl (C=O) groups excluding carboxylic acids is 1. The van der Waals surface area contributed by atoms with Crippen LogP contribution in [0.3, 0.4) is 0 Å². The molecule has 1 unspecified atom stereocenters. The molecule has 6 heteroatoms. The summed E-state index contributed by atoms with van der Waals surface area (Å²) in [5.74, 6) is -0.657. The average Bonchev–Trinajstić information content (AvgIpc) is 2.39. The quantitative estimate of drug-likeness (QED) is 0.874. The Hall–Kier alpha value is -1.98. The van der Waals surface area contributed by atoms with Gasteiger partial charge in [-0.25, -0.2) is 4.98 Å². The van der Waals surface area contributed by atoms with E-state index >= 15 is 0 Å². The number of nitrogens with two attached hydrogens (primary N) is 1. The molecular formula is C12H10ClN3O2. The zero-order valence-corrected chi connectivity index (χ0v) is 10.0. The molecular weight excluding hydrogens is 254 g/mol. The highest BCUT2D eigenvalue weighted by Gasteiger charge is 2.13. The molecule has 1 atom stereocenters. The molecule has 18 heavy (non-hydrogen) atoms. The minimum atomic E-state index is -0.920. The number of nitrogens with zero attached hydrogens (tertiary/aromatic N) is 2. The highest BCUT2D eigenvalue weighted by molar-refractivity contribution is 6.30. The maximum Gasteiger partial charge on any atom is 0.268 e. The summed E-state index contributed by atoms with van der Waals surface area (Å²) in [6, 6.07) is 6.73. The van der Waals surface area contributed by atoms with Crippen LogP contribution in [0.4, 0.5) is 0 Å². The lowest BCUT2D eigenvalue weighted by Gasteiger charge is -2.10. The van der Waals surface area contributed by atoms with Crippen molar-refractivity contribution in [3.05, 3.63) is 58.6 Å². The van der Waals surface area contributed by atoms with E-state index in [0.29, 0.717) is 16.3 Å². The van der Waals surface area contributed by atoms with Crippen LogP contribution in [0.15, 0.2) is 36.7 Å². The van der Waals surface area contributed by atoms with E-state index in [1.165, 1.54) is 12.4 Å².